The van der Waals surface area contributed by atoms with Gasteiger partial charge in [0.1, 0.15) is 37.2 Å². The fourth-order valence-corrected chi connectivity index (χ4v) is 21.5. The maximum atomic E-state index is 15.0. The molecule has 8 aliphatic rings. The number of amides is 8. The predicted octanol–water partition coefficient (Wildman–Crippen LogP) is 7.09. The van der Waals surface area contributed by atoms with Crippen molar-refractivity contribution in [2.45, 2.75) is 251 Å². The molecule has 11 atom stereocenters. The van der Waals surface area contributed by atoms with Crippen LogP contribution in [-0.4, -0.2) is 330 Å². The number of rotatable bonds is 67. The smallest absolute Gasteiger partial charge is 0.246 e. The van der Waals surface area contributed by atoms with E-state index in [-0.39, 0.29) is 142 Å². The molecule has 0 bridgehead atoms. The Bertz CT molecular complexity index is 4370. The number of carbonyl (C=O) groups is 9. The molecule has 2 unspecified atom stereocenters. The van der Waals surface area contributed by atoms with Crippen LogP contribution in [0.25, 0.3) is 0 Å². The zero-order valence-electron chi connectivity index (χ0n) is 87.7. The van der Waals surface area contributed by atoms with E-state index in [0.717, 1.165) is 160 Å². The van der Waals surface area contributed by atoms with Gasteiger partial charge < -0.3 is 119 Å². The molecule has 8 amide bonds. The summed E-state index contributed by atoms with van der Waals surface area (Å²) in [6, 6.07) is 9.47. The third kappa shape index (κ3) is 37.0. The molecule has 2 heterocycles. The normalized spacial score (nSPS) is 22.7. The Balaban J connectivity index is 0.641. The molecule has 2 saturated carbocycles. The van der Waals surface area contributed by atoms with Gasteiger partial charge in [-0.2, -0.15) is 0 Å². The van der Waals surface area contributed by atoms with E-state index in [2.05, 4.69) is 104 Å². The van der Waals surface area contributed by atoms with Crippen molar-refractivity contribution in [2.75, 3.05) is 238 Å². The molecular formula is C105H174N15O23+. The zero-order valence-corrected chi connectivity index (χ0v) is 87.7. The van der Waals surface area contributed by atoms with Gasteiger partial charge in [0.05, 0.1) is 232 Å². The molecule has 6 aliphatic carbocycles. The minimum absolute atomic E-state index is 0.0160. The first-order chi connectivity index (χ1) is 68.9. The Labute approximate surface area is 848 Å². The Hall–Kier alpha value is -8.13. The number of nitrogens with zero attached hydrogens (tertiary/aromatic N) is 3. The third-order valence-corrected chi connectivity index (χ3v) is 29.6. The van der Waals surface area contributed by atoms with Gasteiger partial charge in [-0.25, -0.2) is 0 Å². The van der Waals surface area contributed by atoms with Crippen LogP contribution in [0.1, 0.15) is 225 Å². The number of carbonyl (C=O) groups excluding carboxylic acids is 9. The second-order valence-corrected chi connectivity index (χ2v) is 41.7. The van der Waals surface area contributed by atoms with Gasteiger partial charge in [-0.3, -0.25) is 58.5 Å². The van der Waals surface area contributed by atoms with Crippen molar-refractivity contribution < 1.29 is 114 Å². The second-order valence-electron chi connectivity index (χ2n) is 41.7. The van der Waals surface area contributed by atoms with Gasteiger partial charge in [-0.1, -0.05) is 99.1 Å². The van der Waals surface area contributed by atoms with Crippen LogP contribution in [0.4, 0.5) is 5.69 Å². The highest BCUT2D eigenvalue weighted by molar-refractivity contribution is 6.01. The number of aromatic hydroxyl groups is 1. The van der Waals surface area contributed by atoms with Gasteiger partial charge >= 0.3 is 0 Å². The molecule has 38 nitrogen and oxygen atoms in total. The number of imide groups is 1. The lowest BCUT2D eigenvalue weighted by molar-refractivity contribution is -0.869. The second kappa shape index (κ2) is 61.0. The molecule has 0 aromatic heterocycles. The van der Waals surface area contributed by atoms with E-state index >= 15 is 4.79 Å². The Morgan fingerprint density at radius 3 is 1.40 bits per heavy atom. The molecule has 2 fully saturated rings. The number of ketones is 1. The fourth-order valence-electron chi connectivity index (χ4n) is 21.5. The van der Waals surface area contributed by atoms with Gasteiger partial charge in [0.2, 0.25) is 47.3 Å². The molecule has 2 aromatic carbocycles. The van der Waals surface area contributed by atoms with Crippen molar-refractivity contribution in [3.05, 3.63) is 81.4 Å². The molecule has 10 rings (SSSR count). The van der Waals surface area contributed by atoms with Crippen molar-refractivity contribution in [1.82, 2.24) is 69.2 Å². The van der Waals surface area contributed by atoms with Crippen LogP contribution >= 0.6 is 0 Å². The SMILES string of the molecule is CNCCOCCOCCOCCN1NNC2=C1CCCCCC2OCC(=O)NCCOCCOCCOCCOCCC(=O)N[C@H](CCCCNC(=O)COC1CCCCCC2=C1NNN2CCOCCOCCOCCOCCC(=O)NCC[N+](C)(C)C)C(=O)N[C@H](C(=O)C[C@@H](C)C(=O)Nc1ccc2c(c1)[C@@]1(C)CCC[C@](C)(C(=O)NC(=O)[C@@]3(C)CCC[C@]4(C)c5cc(O)ccc5CC[C@@H]34)[C@@H]1CC2)C(C)C. The number of Topliss-reactive ketones (excluding diaryl/α,β-unsaturated/α-hetero) is 1. The summed E-state index contributed by atoms with van der Waals surface area (Å²) in [6.07, 6.45) is 17.3. The molecule has 0 spiro atoms. The van der Waals surface area contributed by atoms with Crippen LogP contribution in [0.2, 0.25) is 0 Å². The average molecular weight is 2010 g/mol. The lowest BCUT2D eigenvalue weighted by Gasteiger charge is -2.56. The fraction of sp³-hybridized carbons (Fsp3) is 0.762. The Kier molecular flexibility index (Phi) is 49.8. The lowest BCUT2D eigenvalue weighted by Crippen LogP contribution is -2.60. The molecule has 2 aromatic rings. The number of likely N-dealkylation sites (N-methyl/N-ethyl adjacent to an activating group) is 2. The van der Waals surface area contributed by atoms with Gasteiger partial charge in [0.15, 0.2) is 5.78 Å². The lowest BCUT2D eigenvalue weighted by atomic mass is 9.49. The number of hydrogen-bond donors (Lipinski definition) is 13. The number of unbranched alkanes of at least 4 members (excludes halogenated alkanes) is 1. The van der Waals surface area contributed by atoms with Crippen LogP contribution in [-0.2, 0) is 128 Å². The highest BCUT2D eigenvalue weighted by Gasteiger charge is 2.59. The Morgan fingerprint density at radius 2 is 0.909 bits per heavy atom. The quantitative estimate of drug-likeness (QED) is 0.0178. The molecule has 2 aliphatic heterocycles. The first kappa shape index (κ1) is 117. The summed E-state index contributed by atoms with van der Waals surface area (Å²) in [5.74, 6) is -3.93. The first-order valence-electron chi connectivity index (χ1n) is 53.1. The van der Waals surface area contributed by atoms with E-state index in [4.69, 9.17) is 61.6 Å². The number of hydrazine groups is 4. The zero-order chi connectivity index (χ0) is 102. The topological polar surface area (TPSA) is 445 Å². The van der Waals surface area contributed by atoms with Crippen LogP contribution < -0.4 is 64.5 Å². The summed E-state index contributed by atoms with van der Waals surface area (Å²) < 4.78 is 75.9. The number of hydrogen-bond acceptors (Lipinski definition) is 30. The van der Waals surface area contributed by atoms with Gasteiger partial charge in [0.25, 0.3) is 0 Å². The number of benzene rings is 2. The summed E-state index contributed by atoms with van der Waals surface area (Å²) in [4.78, 5) is 126. The van der Waals surface area contributed by atoms with E-state index in [9.17, 15) is 43.5 Å². The van der Waals surface area contributed by atoms with Crippen LogP contribution in [0.3, 0.4) is 0 Å². The minimum Gasteiger partial charge on any atom is -0.508 e. The maximum Gasteiger partial charge on any atom is 0.246 e. The summed E-state index contributed by atoms with van der Waals surface area (Å²) in [7, 11) is 8.13. The maximum absolute atomic E-state index is 15.0. The van der Waals surface area contributed by atoms with Crippen LogP contribution in [0, 0.1) is 34.5 Å². The predicted molar refractivity (Wildman–Crippen MR) is 540 cm³/mol. The summed E-state index contributed by atoms with van der Waals surface area (Å²) in [5, 5.41) is 38.5. The number of aryl methyl sites for hydroxylation is 2. The standard InChI is InChI=1S/C105H173N15O23/c1-75(2)95(86(122)70-76(3)98(127)110-79-31-27-77-29-33-89-102(4,81(77)71-79)37-20-39-104(89,6)100(129)113-101(130)105(7)40-21-38-103(5)82-72-80(121)32-28-78(82)30-34-90(103)105)112-99(128)83(22-18-19-41-107-93(125)73-142-87-25-16-12-14-23-84-96(87)114-116-118(84)46-53-136-59-65-141-69-67-137-60-54-131-48-35-91(123)108-42-47-120(9,10)11)111-92(124)36-49-132-55-61-138-66-68-140-63-57-134-51-44-109-94(126)74-143-88-26-17-13-15-24-85-97(88)115-117-119(85)45-52-135-58-64-139-62-56-133-50-43-106-8/h27-28,31-32,71-72,75-76,83,87-90,95,106,114-117H,12-26,29-30,33-70,73-74H2,1-11H3,(H7-,107,108,109,110,111,112,113,121,123,124,125,126,127,128,129,130)/p+1/t76-,83-,87?,88?,89-,90-,95+,102-,103-,104+,105+/m1/s1. The number of phenolic OH excluding ortho intramolecular Hbond substituents is 1. The Morgan fingerprint density at radius 1 is 0.462 bits per heavy atom. The van der Waals surface area contributed by atoms with Crippen molar-refractivity contribution in [3.8, 4) is 5.75 Å². The van der Waals surface area contributed by atoms with E-state index in [1.165, 1.54) is 5.56 Å². The van der Waals surface area contributed by atoms with E-state index in [1.807, 2.05) is 70.1 Å². The number of anilines is 1. The highest BCUT2D eigenvalue weighted by Crippen LogP contribution is 2.60. The molecule has 806 valence electrons. The molecule has 0 saturated heterocycles. The van der Waals surface area contributed by atoms with Crippen molar-refractivity contribution in [1.29, 1.82) is 0 Å². The number of allylic oxidation sites excluding steroid dienone is 2. The molecule has 143 heavy (non-hydrogen) atoms. The third-order valence-electron chi connectivity index (χ3n) is 29.6. The van der Waals surface area contributed by atoms with Crippen molar-refractivity contribution >= 4 is 58.7 Å². The number of nitrogens with one attached hydrogen (secondary N) is 12. The summed E-state index contributed by atoms with van der Waals surface area (Å²) in [5.41, 5.74) is 19.8. The van der Waals surface area contributed by atoms with E-state index < -0.39 is 52.0 Å². The van der Waals surface area contributed by atoms with Crippen molar-refractivity contribution in [2.24, 2.45) is 34.5 Å². The largest absolute Gasteiger partial charge is 0.508 e. The molecule has 13 N–H and O–H groups in total. The average Bonchev–Trinajstić information content (AvgIpc) is 1.43. The van der Waals surface area contributed by atoms with Gasteiger partial charge in [-0.05, 0) is 191 Å². The van der Waals surface area contributed by atoms with Gasteiger partial charge in [0, 0.05) is 50.5 Å². The molecular weight excluding hydrogens is 1840 g/mol. The number of phenols is 1. The number of quaternary nitrogens is 1. The van der Waals surface area contributed by atoms with Crippen LogP contribution in [0.15, 0.2) is 59.2 Å². The summed E-state index contributed by atoms with van der Waals surface area (Å²) >= 11 is 0. The first-order valence-corrected chi connectivity index (χ1v) is 53.1. The van der Waals surface area contributed by atoms with Crippen LogP contribution in [0.5, 0.6) is 5.75 Å². The summed E-state index contributed by atoms with van der Waals surface area (Å²) in [6.45, 7) is 26.0. The van der Waals surface area contributed by atoms with E-state index in [1.54, 1.807) is 13.0 Å². The number of fused-ring (bicyclic) bond motifs is 6. The molecule has 0 radical (unpaired) electrons. The highest BCUT2D eigenvalue weighted by atomic mass is 16.6. The van der Waals surface area contributed by atoms with Gasteiger partial charge in [-0.15, -0.1) is 11.1 Å². The monoisotopic (exact) mass is 2010 g/mol. The minimum atomic E-state index is -1.08. The van der Waals surface area contributed by atoms with E-state index in [0.29, 0.717) is 196 Å². The number of ether oxygens (including phenoxy) is 13. The molecule has 38 heteroatoms. The van der Waals surface area contributed by atoms with Crippen molar-refractivity contribution in [3.63, 3.8) is 0 Å².